The average molecular weight is 298 g/mol. The van der Waals surface area contributed by atoms with E-state index in [4.69, 9.17) is 9.15 Å². The molecule has 22 heavy (non-hydrogen) atoms. The zero-order valence-corrected chi connectivity index (χ0v) is 12.6. The highest BCUT2D eigenvalue weighted by Gasteiger charge is 2.36. The number of nitrogens with one attached hydrogen (secondary N) is 1. The van der Waals surface area contributed by atoms with Crippen LogP contribution in [-0.4, -0.2) is 18.0 Å². The van der Waals surface area contributed by atoms with Gasteiger partial charge >= 0.3 is 0 Å². The van der Waals surface area contributed by atoms with E-state index < -0.39 is 0 Å². The summed E-state index contributed by atoms with van der Waals surface area (Å²) in [6, 6.07) is 7.30. The standard InChI is InChI=1S/C17H18N2O3/c1-11-9-14(11)15-6-4-13(22-15)5-7-16(20)19-12-3-8-17(21-2)18-10-12/h3-8,10-11,14H,9H2,1-2H3,(H,19,20). The predicted molar refractivity (Wildman–Crippen MR) is 83.7 cm³/mol. The van der Waals surface area contributed by atoms with Crippen LogP contribution in [0.3, 0.4) is 0 Å². The first-order chi connectivity index (χ1) is 10.7. The SMILES string of the molecule is COc1ccc(NC(=O)C=Cc2ccc(C3CC3C)o2)cn1. The van der Waals surface area contributed by atoms with Gasteiger partial charge in [-0.2, -0.15) is 0 Å². The number of furan rings is 1. The molecule has 0 aromatic carbocycles. The third-order valence-corrected chi connectivity index (χ3v) is 3.73. The number of hydrogen-bond donors (Lipinski definition) is 1. The summed E-state index contributed by atoms with van der Waals surface area (Å²) in [6.45, 7) is 2.21. The van der Waals surface area contributed by atoms with Crippen LogP contribution >= 0.6 is 0 Å². The maximum absolute atomic E-state index is 11.8. The van der Waals surface area contributed by atoms with Gasteiger partial charge in [0.2, 0.25) is 11.8 Å². The molecular formula is C17H18N2O3. The van der Waals surface area contributed by atoms with Crippen LogP contribution in [0.15, 0.2) is 41.0 Å². The Hall–Kier alpha value is -2.56. The highest BCUT2D eigenvalue weighted by molar-refractivity contribution is 6.01. The van der Waals surface area contributed by atoms with Crippen LogP contribution in [0.25, 0.3) is 6.08 Å². The van der Waals surface area contributed by atoms with Crippen LogP contribution in [0.4, 0.5) is 5.69 Å². The van der Waals surface area contributed by atoms with Crippen molar-refractivity contribution in [2.75, 3.05) is 12.4 Å². The quantitative estimate of drug-likeness (QED) is 0.859. The fourth-order valence-electron chi connectivity index (χ4n) is 2.29. The highest BCUT2D eigenvalue weighted by Crippen LogP contribution is 2.47. The minimum atomic E-state index is -0.232. The summed E-state index contributed by atoms with van der Waals surface area (Å²) in [4.78, 5) is 15.9. The molecule has 1 aliphatic carbocycles. The summed E-state index contributed by atoms with van der Waals surface area (Å²) in [5.74, 6) is 3.22. The smallest absolute Gasteiger partial charge is 0.248 e. The molecule has 2 unspecified atom stereocenters. The monoisotopic (exact) mass is 298 g/mol. The number of methoxy groups -OCH3 is 1. The lowest BCUT2D eigenvalue weighted by Gasteiger charge is -2.02. The van der Waals surface area contributed by atoms with Gasteiger partial charge in [0.05, 0.1) is 19.0 Å². The summed E-state index contributed by atoms with van der Waals surface area (Å²) in [6.07, 6.45) is 5.84. The van der Waals surface area contributed by atoms with E-state index in [1.807, 2.05) is 12.1 Å². The second-order valence-electron chi connectivity index (χ2n) is 5.47. The zero-order chi connectivity index (χ0) is 15.5. The maximum Gasteiger partial charge on any atom is 0.248 e. The molecule has 2 atom stereocenters. The second-order valence-corrected chi connectivity index (χ2v) is 5.47. The van der Waals surface area contributed by atoms with Crippen molar-refractivity contribution in [3.05, 3.63) is 48.1 Å². The van der Waals surface area contributed by atoms with Crippen LogP contribution in [0.2, 0.25) is 0 Å². The topological polar surface area (TPSA) is 64.4 Å². The molecule has 1 aliphatic rings. The molecule has 0 saturated heterocycles. The van der Waals surface area contributed by atoms with Gasteiger partial charge in [-0.3, -0.25) is 4.79 Å². The van der Waals surface area contributed by atoms with Gasteiger partial charge < -0.3 is 14.5 Å². The molecule has 3 rings (SSSR count). The lowest BCUT2D eigenvalue weighted by Crippen LogP contribution is -2.07. The number of anilines is 1. The van der Waals surface area contributed by atoms with Gasteiger partial charge in [-0.15, -0.1) is 0 Å². The van der Waals surface area contributed by atoms with Crippen LogP contribution in [0.5, 0.6) is 5.88 Å². The molecule has 2 heterocycles. The van der Waals surface area contributed by atoms with E-state index in [1.165, 1.54) is 12.5 Å². The molecule has 0 aliphatic heterocycles. The fourth-order valence-corrected chi connectivity index (χ4v) is 2.29. The van der Waals surface area contributed by atoms with Crippen molar-refractivity contribution < 1.29 is 13.9 Å². The minimum Gasteiger partial charge on any atom is -0.481 e. The summed E-state index contributed by atoms with van der Waals surface area (Å²) >= 11 is 0. The summed E-state index contributed by atoms with van der Waals surface area (Å²) in [5, 5.41) is 2.73. The Morgan fingerprint density at radius 3 is 2.86 bits per heavy atom. The lowest BCUT2D eigenvalue weighted by atomic mass is 10.3. The minimum absolute atomic E-state index is 0.232. The largest absolute Gasteiger partial charge is 0.481 e. The molecule has 1 N–H and O–H groups in total. The van der Waals surface area contributed by atoms with Crippen molar-refractivity contribution in [2.24, 2.45) is 5.92 Å². The van der Waals surface area contributed by atoms with Crippen LogP contribution in [-0.2, 0) is 4.79 Å². The third-order valence-electron chi connectivity index (χ3n) is 3.73. The van der Waals surface area contributed by atoms with E-state index in [2.05, 4.69) is 17.2 Å². The average Bonchev–Trinajstić information content (AvgIpc) is 3.08. The third kappa shape index (κ3) is 3.36. The number of ether oxygens (including phenoxy) is 1. The highest BCUT2D eigenvalue weighted by atomic mass is 16.5. The molecule has 0 spiro atoms. The molecule has 1 amide bonds. The molecule has 2 aromatic rings. The molecular weight excluding hydrogens is 280 g/mol. The molecule has 5 heteroatoms. The molecule has 1 saturated carbocycles. The molecule has 0 bridgehead atoms. The van der Waals surface area contributed by atoms with Gasteiger partial charge in [0, 0.05) is 18.1 Å². The molecule has 114 valence electrons. The number of carbonyl (C=O) groups excluding carboxylic acids is 1. The van der Waals surface area contributed by atoms with E-state index in [0.717, 1.165) is 5.76 Å². The number of nitrogens with zero attached hydrogens (tertiary/aromatic N) is 1. The summed E-state index contributed by atoms with van der Waals surface area (Å²) < 4.78 is 10.7. The Bertz CT molecular complexity index is 688. The Balaban J connectivity index is 1.57. The summed E-state index contributed by atoms with van der Waals surface area (Å²) in [7, 11) is 1.54. The number of rotatable bonds is 5. The van der Waals surface area contributed by atoms with Crippen molar-refractivity contribution in [1.82, 2.24) is 4.98 Å². The number of carbonyl (C=O) groups is 1. The van der Waals surface area contributed by atoms with Crippen molar-refractivity contribution in [2.45, 2.75) is 19.3 Å². The number of amides is 1. The predicted octanol–water partition coefficient (Wildman–Crippen LogP) is 3.46. The number of aromatic nitrogens is 1. The van der Waals surface area contributed by atoms with E-state index >= 15 is 0 Å². The van der Waals surface area contributed by atoms with Gasteiger partial charge in [0.1, 0.15) is 11.5 Å². The molecule has 2 aromatic heterocycles. The molecule has 1 fully saturated rings. The van der Waals surface area contributed by atoms with Crippen molar-refractivity contribution in [3.8, 4) is 5.88 Å². The van der Waals surface area contributed by atoms with Gasteiger partial charge in [-0.25, -0.2) is 4.98 Å². The van der Waals surface area contributed by atoms with Crippen LogP contribution in [0.1, 0.15) is 30.8 Å². The second kappa shape index (κ2) is 6.05. The normalized spacial score (nSPS) is 20.1. The Morgan fingerprint density at radius 1 is 1.41 bits per heavy atom. The van der Waals surface area contributed by atoms with Crippen LogP contribution in [0, 0.1) is 5.92 Å². The van der Waals surface area contributed by atoms with Crippen molar-refractivity contribution in [1.29, 1.82) is 0 Å². The zero-order valence-electron chi connectivity index (χ0n) is 12.6. The van der Waals surface area contributed by atoms with E-state index in [0.29, 0.717) is 29.2 Å². The molecule has 0 radical (unpaired) electrons. The van der Waals surface area contributed by atoms with Gasteiger partial charge in [0.25, 0.3) is 0 Å². The Kier molecular flexibility index (Phi) is 3.96. The Labute approximate surface area is 129 Å². The summed E-state index contributed by atoms with van der Waals surface area (Å²) in [5.41, 5.74) is 0.613. The van der Waals surface area contributed by atoms with Crippen molar-refractivity contribution in [3.63, 3.8) is 0 Å². The van der Waals surface area contributed by atoms with Crippen LogP contribution < -0.4 is 10.1 Å². The number of pyridine rings is 1. The first-order valence-corrected chi connectivity index (χ1v) is 7.24. The maximum atomic E-state index is 11.8. The number of hydrogen-bond acceptors (Lipinski definition) is 4. The Morgan fingerprint density at radius 2 is 2.23 bits per heavy atom. The van der Waals surface area contributed by atoms with Gasteiger partial charge in [0.15, 0.2) is 0 Å². The van der Waals surface area contributed by atoms with E-state index in [1.54, 1.807) is 31.5 Å². The van der Waals surface area contributed by atoms with Gasteiger partial charge in [-0.05, 0) is 36.6 Å². The lowest BCUT2D eigenvalue weighted by molar-refractivity contribution is -0.111. The van der Waals surface area contributed by atoms with E-state index in [9.17, 15) is 4.79 Å². The van der Waals surface area contributed by atoms with Gasteiger partial charge in [-0.1, -0.05) is 6.92 Å². The fraction of sp³-hybridized carbons (Fsp3) is 0.294. The first-order valence-electron chi connectivity index (χ1n) is 7.24. The first kappa shape index (κ1) is 14.4. The van der Waals surface area contributed by atoms with Crippen molar-refractivity contribution >= 4 is 17.7 Å². The molecule has 5 nitrogen and oxygen atoms in total. The van der Waals surface area contributed by atoms with E-state index in [-0.39, 0.29) is 5.91 Å².